The Kier molecular flexibility index (Phi) is 6.77. The Morgan fingerprint density at radius 3 is 2.54 bits per heavy atom. The number of rotatable bonds is 8. The first-order chi connectivity index (χ1) is 17.2. The lowest BCUT2D eigenvalue weighted by atomic mass is 10.0. The zero-order chi connectivity index (χ0) is 24.0. The SMILES string of the molecule is COc1cccc(NC(=O)CSc2nnc(Cc3cccc4ccccc34)n2-c2ccccc2)c1. The molecule has 1 heterocycles. The van der Waals surface area contributed by atoms with E-state index in [2.05, 4.69) is 51.9 Å². The van der Waals surface area contributed by atoms with E-state index in [9.17, 15) is 4.79 Å². The molecule has 5 rings (SSSR count). The summed E-state index contributed by atoms with van der Waals surface area (Å²) in [7, 11) is 1.60. The molecule has 6 nitrogen and oxygen atoms in total. The number of hydrogen-bond donors (Lipinski definition) is 1. The van der Waals surface area contributed by atoms with Crippen molar-refractivity contribution < 1.29 is 9.53 Å². The van der Waals surface area contributed by atoms with E-state index < -0.39 is 0 Å². The topological polar surface area (TPSA) is 69.0 Å². The predicted molar refractivity (Wildman–Crippen MR) is 140 cm³/mol. The van der Waals surface area contributed by atoms with Crippen LogP contribution in [0.1, 0.15) is 11.4 Å². The number of carbonyl (C=O) groups is 1. The number of benzene rings is 4. The zero-order valence-electron chi connectivity index (χ0n) is 19.2. The number of amides is 1. The molecule has 7 heteroatoms. The van der Waals surface area contributed by atoms with Crippen molar-refractivity contribution in [3.8, 4) is 11.4 Å². The Hall–Kier alpha value is -4.10. The number of ether oxygens (including phenoxy) is 1. The summed E-state index contributed by atoms with van der Waals surface area (Å²) in [4.78, 5) is 12.6. The Bertz CT molecular complexity index is 1460. The number of carbonyl (C=O) groups excluding carboxylic acids is 1. The minimum Gasteiger partial charge on any atom is -0.497 e. The monoisotopic (exact) mass is 480 g/mol. The number of nitrogens with zero attached hydrogens (tertiary/aromatic N) is 3. The molecule has 35 heavy (non-hydrogen) atoms. The van der Waals surface area contributed by atoms with Crippen LogP contribution < -0.4 is 10.1 Å². The summed E-state index contributed by atoms with van der Waals surface area (Å²) in [5.74, 6) is 1.60. The van der Waals surface area contributed by atoms with Crippen molar-refractivity contribution in [2.24, 2.45) is 0 Å². The maximum atomic E-state index is 12.6. The van der Waals surface area contributed by atoms with E-state index >= 15 is 0 Å². The van der Waals surface area contributed by atoms with E-state index in [0.717, 1.165) is 11.5 Å². The van der Waals surface area contributed by atoms with Crippen LogP contribution in [0.4, 0.5) is 5.69 Å². The first-order valence-corrected chi connectivity index (χ1v) is 12.2. The number of para-hydroxylation sites is 1. The average Bonchev–Trinajstić information content (AvgIpc) is 3.30. The largest absolute Gasteiger partial charge is 0.497 e. The van der Waals surface area contributed by atoms with E-state index in [-0.39, 0.29) is 11.7 Å². The highest BCUT2D eigenvalue weighted by molar-refractivity contribution is 7.99. The molecule has 174 valence electrons. The fourth-order valence-electron chi connectivity index (χ4n) is 3.99. The second-order valence-corrected chi connectivity index (χ2v) is 8.90. The average molecular weight is 481 g/mol. The highest BCUT2D eigenvalue weighted by Gasteiger charge is 2.17. The van der Waals surface area contributed by atoms with Gasteiger partial charge in [0, 0.05) is 23.9 Å². The van der Waals surface area contributed by atoms with E-state index in [1.807, 2.05) is 59.2 Å². The fraction of sp³-hybridized carbons (Fsp3) is 0.107. The van der Waals surface area contributed by atoms with Crippen molar-refractivity contribution in [2.45, 2.75) is 11.6 Å². The Labute approximate surface area is 208 Å². The third-order valence-electron chi connectivity index (χ3n) is 5.63. The highest BCUT2D eigenvalue weighted by Crippen LogP contribution is 2.26. The van der Waals surface area contributed by atoms with Crippen LogP contribution in [0.25, 0.3) is 16.5 Å². The molecule has 4 aromatic carbocycles. The van der Waals surface area contributed by atoms with Gasteiger partial charge in [-0.25, -0.2) is 0 Å². The van der Waals surface area contributed by atoms with Gasteiger partial charge in [-0.1, -0.05) is 78.5 Å². The van der Waals surface area contributed by atoms with Crippen LogP contribution in [0.15, 0.2) is 102 Å². The van der Waals surface area contributed by atoms with Gasteiger partial charge in [0.1, 0.15) is 11.6 Å². The molecule has 0 aliphatic heterocycles. The molecule has 1 amide bonds. The minimum absolute atomic E-state index is 0.124. The summed E-state index contributed by atoms with van der Waals surface area (Å²) in [6, 6.07) is 32.0. The number of hydrogen-bond acceptors (Lipinski definition) is 5. The van der Waals surface area contributed by atoms with Crippen molar-refractivity contribution >= 4 is 34.1 Å². The summed E-state index contributed by atoms with van der Waals surface area (Å²) < 4.78 is 7.26. The van der Waals surface area contributed by atoms with Gasteiger partial charge in [0.15, 0.2) is 5.16 Å². The van der Waals surface area contributed by atoms with Gasteiger partial charge in [0.05, 0.1) is 12.9 Å². The number of anilines is 1. The molecule has 0 fully saturated rings. The van der Waals surface area contributed by atoms with E-state index in [1.54, 1.807) is 13.2 Å². The highest BCUT2D eigenvalue weighted by atomic mass is 32.2. The van der Waals surface area contributed by atoms with Crippen molar-refractivity contribution in [3.63, 3.8) is 0 Å². The molecule has 0 aliphatic rings. The Balaban J connectivity index is 1.40. The lowest BCUT2D eigenvalue weighted by Gasteiger charge is -2.12. The standard InChI is InChI=1S/C28H24N4O2S/c1-34-24-15-8-12-22(18-24)29-27(33)19-35-28-31-30-26(32(28)23-13-3-2-4-14-23)17-21-11-7-10-20-9-5-6-16-25(20)21/h2-16,18H,17,19H2,1H3,(H,29,33). The molecule has 0 spiro atoms. The molecule has 1 aromatic heterocycles. The third kappa shape index (κ3) is 5.20. The van der Waals surface area contributed by atoms with Gasteiger partial charge in [-0.15, -0.1) is 10.2 Å². The quantitative estimate of drug-likeness (QED) is 0.286. The smallest absolute Gasteiger partial charge is 0.234 e. The number of thioether (sulfide) groups is 1. The zero-order valence-corrected chi connectivity index (χ0v) is 20.0. The summed E-state index contributed by atoms with van der Waals surface area (Å²) >= 11 is 1.36. The van der Waals surface area contributed by atoms with Crippen LogP contribution in [-0.4, -0.2) is 33.5 Å². The summed E-state index contributed by atoms with van der Waals surface area (Å²) in [6.07, 6.45) is 0.625. The van der Waals surface area contributed by atoms with Gasteiger partial charge in [-0.05, 0) is 40.6 Å². The molecule has 1 N–H and O–H groups in total. The van der Waals surface area contributed by atoms with Crippen LogP contribution >= 0.6 is 11.8 Å². The molecule has 0 unspecified atom stereocenters. The summed E-state index contributed by atoms with van der Waals surface area (Å²) in [5.41, 5.74) is 2.83. The number of nitrogens with one attached hydrogen (secondary N) is 1. The second-order valence-electron chi connectivity index (χ2n) is 7.95. The number of fused-ring (bicyclic) bond motifs is 1. The van der Waals surface area contributed by atoms with Crippen molar-refractivity contribution in [1.29, 1.82) is 0 Å². The molecule has 0 radical (unpaired) electrons. The number of aromatic nitrogens is 3. The third-order valence-corrected chi connectivity index (χ3v) is 6.56. The van der Waals surface area contributed by atoms with Gasteiger partial charge >= 0.3 is 0 Å². The predicted octanol–water partition coefficient (Wildman–Crippen LogP) is 5.75. The Morgan fingerprint density at radius 2 is 1.69 bits per heavy atom. The first kappa shape index (κ1) is 22.7. The van der Waals surface area contributed by atoms with Gasteiger partial charge < -0.3 is 10.1 Å². The van der Waals surface area contributed by atoms with Crippen molar-refractivity contribution in [1.82, 2.24) is 14.8 Å². The maximum Gasteiger partial charge on any atom is 0.234 e. The van der Waals surface area contributed by atoms with Gasteiger partial charge in [0.2, 0.25) is 5.91 Å². The Morgan fingerprint density at radius 1 is 0.914 bits per heavy atom. The van der Waals surface area contributed by atoms with Crippen LogP contribution in [0.2, 0.25) is 0 Å². The summed E-state index contributed by atoms with van der Waals surface area (Å²) in [6.45, 7) is 0. The summed E-state index contributed by atoms with van der Waals surface area (Å²) in [5, 5.41) is 15.0. The molecule has 0 saturated heterocycles. The molecule has 0 bridgehead atoms. The van der Waals surface area contributed by atoms with Gasteiger partial charge in [-0.2, -0.15) is 0 Å². The van der Waals surface area contributed by atoms with Crippen molar-refractivity contribution in [2.75, 3.05) is 18.2 Å². The maximum absolute atomic E-state index is 12.6. The normalized spacial score (nSPS) is 10.9. The van der Waals surface area contributed by atoms with Gasteiger partial charge in [0.25, 0.3) is 0 Å². The number of methoxy groups -OCH3 is 1. The minimum atomic E-state index is -0.124. The lowest BCUT2D eigenvalue weighted by Crippen LogP contribution is -2.14. The van der Waals surface area contributed by atoms with Crippen molar-refractivity contribution in [3.05, 3.63) is 108 Å². The van der Waals surface area contributed by atoms with E-state index in [0.29, 0.717) is 23.0 Å². The molecule has 0 atom stereocenters. The van der Waals surface area contributed by atoms with Crippen LogP contribution in [0.3, 0.4) is 0 Å². The fourth-order valence-corrected chi connectivity index (χ4v) is 4.76. The molecular weight excluding hydrogens is 456 g/mol. The van der Waals surface area contributed by atoms with E-state index in [4.69, 9.17) is 4.74 Å². The van der Waals surface area contributed by atoms with Crippen LogP contribution in [0.5, 0.6) is 5.75 Å². The molecular formula is C28H24N4O2S. The first-order valence-electron chi connectivity index (χ1n) is 11.2. The van der Waals surface area contributed by atoms with E-state index in [1.165, 1.54) is 28.1 Å². The van der Waals surface area contributed by atoms with Gasteiger partial charge in [-0.3, -0.25) is 9.36 Å². The molecule has 0 aliphatic carbocycles. The van der Waals surface area contributed by atoms with Crippen LogP contribution in [-0.2, 0) is 11.2 Å². The molecule has 0 saturated carbocycles. The lowest BCUT2D eigenvalue weighted by molar-refractivity contribution is -0.113. The second kappa shape index (κ2) is 10.4. The molecule has 5 aromatic rings. The van der Waals surface area contributed by atoms with Crippen LogP contribution in [0, 0.1) is 0 Å².